The van der Waals surface area contributed by atoms with Crippen LogP contribution >= 0.6 is 22.6 Å². The Hall–Kier alpha value is -0.990. The molecule has 94 valence electrons. The van der Waals surface area contributed by atoms with Crippen molar-refractivity contribution in [3.8, 4) is 5.75 Å². The summed E-state index contributed by atoms with van der Waals surface area (Å²) in [7, 11) is 0. The second kappa shape index (κ2) is 6.08. The van der Waals surface area contributed by atoms with Crippen LogP contribution in [0.3, 0.4) is 0 Å². The van der Waals surface area contributed by atoms with Crippen LogP contribution in [0.25, 0.3) is 0 Å². The number of aromatic nitrogens is 1. The van der Waals surface area contributed by atoms with E-state index in [1.165, 1.54) is 0 Å². The molecule has 1 aromatic heterocycles. The van der Waals surface area contributed by atoms with Crippen LogP contribution in [0.2, 0.25) is 0 Å². The second-order valence-electron chi connectivity index (χ2n) is 3.13. The average Bonchev–Trinajstić information content (AvgIpc) is 2.23. The van der Waals surface area contributed by atoms with Crippen molar-refractivity contribution in [2.75, 3.05) is 6.61 Å². The zero-order valence-electron chi connectivity index (χ0n) is 8.91. The molecule has 0 aromatic carbocycles. The van der Waals surface area contributed by atoms with Crippen LogP contribution in [0.5, 0.6) is 5.75 Å². The third-order valence-electron chi connectivity index (χ3n) is 1.92. The van der Waals surface area contributed by atoms with Gasteiger partial charge in [0.15, 0.2) is 0 Å². The predicted molar refractivity (Wildman–Crippen MR) is 63.9 cm³/mol. The number of carbonyl (C=O) groups is 1. The van der Waals surface area contributed by atoms with E-state index in [4.69, 9.17) is 0 Å². The Bertz CT molecular complexity index is 426. The van der Waals surface area contributed by atoms with Crippen LogP contribution in [-0.4, -0.2) is 22.7 Å². The van der Waals surface area contributed by atoms with Gasteiger partial charge in [-0.25, -0.2) is 13.8 Å². The number of ether oxygens (including phenoxy) is 1. The van der Waals surface area contributed by atoms with Crippen LogP contribution in [0.1, 0.15) is 24.6 Å². The fourth-order valence-corrected chi connectivity index (χ4v) is 1.65. The topological polar surface area (TPSA) is 59.4 Å². The fourth-order valence-electron chi connectivity index (χ4n) is 1.23. The lowest BCUT2D eigenvalue weighted by molar-refractivity contribution is -0.142. The predicted octanol–water partition coefficient (Wildman–Crippen LogP) is 2.44. The van der Waals surface area contributed by atoms with E-state index >= 15 is 0 Å². The Kier molecular flexibility index (Phi) is 5.03. The first-order valence-electron chi connectivity index (χ1n) is 4.77. The fraction of sp³-hybridized carbons (Fsp3) is 0.400. The third-order valence-corrected chi connectivity index (χ3v) is 2.71. The first-order valence-corrected chi connectivity index (χ1v) is 5.85. The largest absolute Gasteiger partial charge is 0.505 e. The Morgan fingerprint density at radius 3 is 2.82 bits per heavy atom. The van der Waals surface area contributed by atoms with Gasteiger partial charge in [0.25, 0.3) is 6.43 Å². The molecule has 0 spiro atoms. The average molecular weight is 357 g/mol. The minimum absolute atomic E-state index is 0.0173. The molecule has 0 atom stereocenters. The first kappa shape index (κ1) is 14.1. The molecule has 1 aromatic rings. The molecule has 0 fully saturated rings. The molecule has 0 radical (unpaired) electrons. The standard InChI is InChI=1S/C10H10F2INO3/c1-2-17-7(16)4-5-3-6(15)10(13)14-8(5)9(11)12/h3,9,15H,2,4H2,1H3. The third kappa shape index (κ3) is 3.76. The molecule has 0 saturated heterocycles. The van der Waals surface area contributed by atoms with E-state index in [9.17, 15) is 18.7 Å². The highest BCUT2D eigenvalue weighted by Gasteiger charge is 2.20. The first-order chi connectivity index (χ1) is 7.95. The van der Waals surface area contributed by atoms with E-state index in [0.29, 0.717) is 0 Å². The quantitative estimate of drug-likeness (QED) is 0.511. The molecule has 0 aliphatic rings. The van der Waals surface area contributed by atoms with Gasteiger partial charge < -0.3 is 9.84 Å². The molecule has 0 aliphatic carbocycles. The Morgan fingerprint density at radius 2 is 2.29 bits per heavy atom. The zero-order chi connectivity index (χ0) is 13.0. The van der Waals surface area contributed by atoms with Crippen LogP contribution in [-0.2, 0) is 16.0 Å². The lowest BCUT2D eigenvalue weighted by Gasteiger charge is -2.09. The van der Waals surface area contributed by atoms with E-state index < -0.39 is 18.1 Å². The lowest BCUT2D eigenvalue weighted by atomic mass is 10.1. The summed E-state index contributed by atoms with van der Waals surface area (Å²) in [6, 6.07) is 1.12. The van der Waals surface area contributed by atoms with Crippen molar-refractivity contribution in [2.24, 2.45) is 0 Å². The molecule has 1 heterocycles. The smallest absolute Gasteiger partial charge is 0.310 e. The summed E-state index contributed by atoms with van der Waals surface area (Å²) in [6.07, 6.45) is -3.13. The summed E-state index contributed by atoms with van der Waals surface area (Å²) in [6.45, 7) is 1.79. The van der Waals surface area contributed by atoms with Gasteiger partial charge in [-0.2, -0.15) is 0 Å². The van der Waals surface area contributed by atoms with Gasteiger partial charge >= 0.3 is 5.97 Å². The van der Waals surface area contributed by atoms with Gasteiger partial charge in [-0.05, 0) is 41.1 Å². The normalized spacial score (nSPS) is 10.6. The zero-order valence-corrected chi connectivity index (χ0v) is 11.1. The number of hydrogen-bond donors (Lipinski definition) is 1. The number of rotatable bonds is 4. The highest BCUT2D eigenvalue weighted by molar-refractivity contribution is 14.1. The molecule has 4 nitrogen and oxygen atoms in total. The molecule has 0 bridgehead atoms. The number of pyridine rings is 1. The van der Waals surface area contributed by atoms with Crippen molar-refractivity contribution < 1.29 is 23.4 Å². The molecular formula is C10H10F2INO3. The summed E-state index contributed by atoms with van der Waals surface area (Å²) < 4.78 is 30.1. The van der Waals surface area contributed by atoms with Gasteiger partial charge in [0.2, 0.25) is 0 Å². The molecule has 1 N–H and O–H groups in total. The summed E-state index contributed by atoms with van der Waals surface area (Å²) in [5.41, 5.74) is -0.517. The van der Waals surface area contributed by atoms with Crippen molar-refractivity contribution in [1.29, 1.82) is 0 Å². The SMILES string of the molecule is CCOC(=O)Cc1cc(O)c(I)nc1C(F)F. The summed E-state index contributed by atoms with van der Waals surface area (Å²) in [5.74, 6) is -0.855. The van der Waals surface area contributed by atoms with E-state index in [1.807, 2.05) is 0 Å². The Labute approximate surface area is 110 Å². The van der Waals surface area contributed by atoms with Gasteiger partial charge in [-0.1, -0.05) is 0 Å². The van der Waals surface area contributed by atoms with E-state index in [1.54, 1.807) is 29.5 Å². The summed E-state index contributed by atoms with van der Waals surface area (Å²) in [5, 5.41) is 9.38. The maximum absolute atomic E-state index is 12.7. The van der Waals surface area contributed by atoms with Gasteiger partial charge in [0.05, 0.1) is 13.0 Å². The minimum atomic E-state index is -2.80. The number of alkyl halides is 2. The van der Waals surface area contributed by atoms with Gasteiger partial charge in [-0.3, -0.25) is 4.79 Å². The molecule has 0 amide bonds. The minimum Gasteiger partial charge on any atom is -0.505 e. The monoisotopic (exact) mass is 357 g/mol. The molecule has 0 saturated carbocycles. The van der Waals surface area contributed by atoms with Crippen LogP contribution < -0.4 is 0 Å². The number of nitrogens with zero attached hydrogens (tertiary/aromatic N) is 1. The lowest BCUT2D eigenvalue weighted by Crippen LogP contribution is -2.11. The Morgan fingerprint density at radius 1 is 1.65 bits per heavy atom. The van der Waals surface area contributed by atoms with Gasteiger partial charge in [-0.15, -0.1) is 0 Å². The van der Waals surface area contributed by atoms with Crippen molar-refractivity contribution in [3.05, 3.63) is 21.0 Å². The van der Waals surface area contributed by atoms with Gasteiger partial charge in [0, 0.05) is 0 Å². The maximum Gasteiger partial charge on any atom is 0.310 e. The molecule has 0 unspecified atom stereocenters. The second-order valence-corrected chi connectivity index (χ2v) is 4.15. The van der Waals surface area contributed by atoms with Crippen molar-refractivity contribution in [2.45, 2.75) is 19.8 Å². The van der Waals surface area contributed by atoms with Gasteiger partial charge in [0.1, 0.15) is 15.1 Å². The number of carbonyl (C=O) groups excluding carboxylic acids is 1. The van der Waals surface area contributed by atoms with E-state index in [2.05, 4.69) is 9.72 Å². The molecule has 17 heavy (non-hydrogen) atoms. The van der Waals surface area contributed by atoms with E-state index in [-0.39, 0.29) is 28.0 Å². The Balaban J connectivity index is 3.04. The van der Waals surface area contributed by atoms with E-state index in [0.717, 1.165) is 6.07 Å². The molecule has 0 aliphatic heterocycles. The van der Waals surface area contributed by atoms with Crippen LogP contribution in [0.15, 0.2) is 6.07 Å². The number of esters is 1. The highest BCUT2D eigenvalue weighted by Crippen LogP contribution is 2.27. The van der Waals surface area contributed by atoms with Crippen molar-refractivity contribution in [3.63, 3.8) is 0 Å². The van der Waals surface area contributed by atoms with Crippen molar-refractivity contribution >= 4 is 28.6 Å². The highest BCUT2D eigenvalue weighted by atomic mass is 127. The maximum atomic E-state index is 12.7. The number of halogens is 3. The van der Waals surface area contributed by atoms with Crippen LogP contribution in [0.4, 0.5) is 8.78 Å². The number of hydrogen-bond acceptors (Lipinski definition) is 4. The molecule has 1 rings (SSSR count). The number of aromatic hydroxyl groups is 1. The summed E-state index contributed by atoms with van der Waals surface area (Å²) in [4.78, 5) is 14.8. The molecule has 7 heteroatoms. The summed E-state index contributed by atoms with van der Waals surface area (Å²) >= 11 is 1.64. The van der Waals surface area contributed by atoms with Crippen LogP contribution in [0, 0.1) is 3.70 Å². The molecular weight excluding hydrogens is 347 g/mol. The van der Waals surface area contributed by atoms with Crippen molar-refractivity contribution in [1.82, 2.24) is 4.98 Å².